The van der Waals surface area contributed by atoms with Crippen LogP contribution in [0.15, 0.2) is 41.0 Å². The van der Waals surface area contributed by atoms with Crippen molar-refractivity contribution in [2.75, 3.05) is 0 Å². The zero-order valence-corrected chi connectivity index (χ0v) is 8.93. The smallest absolute Gasteiger partial charge is 0.339 e. The number of carboxylic acid groups (broad SMARTS) is 1. The Hall–Kier alpha value is -2.03. The predicted octanol–water partition coefficient (Wildman–Crippen LogP) is 3.21. The summed E-state index contributed by atoms with van der Waals surface area (Å²) in [5, 5.41) is 9.17. The van der Waals surface area contributed by atoms with Crippen LogP contribution in [0.1, 0.15) is 23.0 Å². The Balaban J connectivity index is 2.58. The average molecular weight is 216 g/mol. The molecular formula is C13H12O3. The van der Waals surface area contributed by atoms with Crippen LogP contribution in [0.3, 0.4) is 0 Å². The van der Waals surface area contributed by atoms with Crippen LogP contribution in [-0.2, 0) is 6.42 Å². The number of aryl methyl sites for hydroxylation is 1. The molecule has 82 valence electrons. The molecule has 1 heterocycles. The van der Waals surface area contributed by atoms with Crippen LogP contribution >= 0.6 is 0 Å². The van der Waals surface area contributed by atoms with E-state index in [9.17, 15) is 4.79 Å². The maximum Gasteiger partial charge on any atom is 0.339 e. The van der Waals surface area contributed by atoms with Crippen molar-refractivity contribution in [2.45, 2.75) is 13.3 Å². The lowest BCUT2D eigenvalue weighted by Crippen LogP contribution is -2.00. The van der Waals surface area contributed by atoms with Crippen molar-refractivity contribution in [2.24, 2.45) is 0 Å². The summed E-state index contributed by atoms with van der Waals surface area (Å²) < 4.78 is 5.28. The summed E-state index contributed by atoms with van der Waals surface area (Å²) >= 11 is 0. The molecule has 0 aliphatic carbocycles. The highest BCUT2D eigenvalue weighted by Crippen LogP contribution is 2.28. The Morgan fingerprint density at radius 3 is 2.56 bits per heavy atom. The fourth-order valence-corrected chi connectivity index (χ4v) is 1.72. The lowest BCUT2D eigenvalue weighted by Gasteiger charge is -1.99. The second kappa shape index (κ2) is 4.23. The molecule has 1 N–H and O–H groups in total. The monoisotopic (exact) mass is 216 g/mol. The molecule has 0 radical (unpaired) electrons. The van der Waals surface area contributed by atoms with Crippen molar-refractivity contribution in [3.63, 3.8) is 0 Å². The van der Waals surface area contributed by atoms with Crippen molar-refractivity contribution >= 4 is 5.97 Å². The average Bonchev–Trinajstić information content (AvgIpc) is 2.73. The number of furan rings is 1. The molecule has 2 aromatic rings. The Kier molecular flexibility index (Phi) is 2.77. The quantitative estimate of drug-likeness (QED) is 0.857. The normalized spacial score (nSPS) is 10.3. The molecule has 0 aliphatic rings. The molecule has 0 spiro atoms. The zero-order valence-electron chi connectivity index (χ0n) is 8.93. The lowest BCUT2D eigenvalue weighted by molar-refractivity contribution is 0.0695. The molecule has 0 bridgehead atoms. The predicted molar refractivity (Wildman–Crippen MR) is 60.5 cm³/mol. The molecule has 1 aromatic heterocycles. The van der Waals surface area contributed by atoms with Crippen molar-refractivity contribution < 1.29 is 14.3 Å². The summed E-state index contributed by atoms with van der Waals surface area (Å²) in [6.45, 7) is 1.88. The molecule has 0 amide bonds. The van der Waals surface area contributed by atoms with E-state index in [0.717, 1.165) is 5.56 Å². The van der Waals surface area contributed by atoms with Crippen molar-refractivity contribution in [3.05, 3.63) is 47.9 Å². The highest BCUT2D eigenvalue weighted by molar-refractivity contribution is 5.97. The van der Waals surface area contributed by atoms with E-state index in [0.29, 0.717) is 17.7 Å². The number of carboxylic acids is 1. The van der Waals surface area contributed by atoms with Crippen molar-refractivity contribution in [1.29, 1.82) is 0 Å². The van der Waals surface area contributed by atoms with E-state index in [4.69, 9.17) is 9.52 Å². The Bertz CT molecular complexity index is 497. The number of hydrogen-bond donors (Lipinski definition) is 1. The third-order valence-corrected chi connectivity index (χ3v) is 2.49. The van der Waals surface area contributed by atoms with Crippen LogP contribution in [0.4, 0.5) is 0 Å². The van der Waals surface area contributed by atoms with Gasteiger partial charge in [-0.15, -0.1) is 0 Å². The lowest BCUT2D eigenvalue weighted by atomic mass is 10.0. The highest BCUT2D eigenvalue weighted by Gasteiger charge is 2.19. The third kappa shape index (κ3) is 1.72. The van der Waals surface area contributed by atoms with Crippen molar-refractivity contribution in [1.82, 2.24) is 0 Å². The summed E-state index contributed by atoms with van der Waals surface area (Å²) in [5.41, 5.74) is 1.78. The summed E-state index contributed by atoms with van der Waals surface area (Å²) in [4.78, 5) is 11.2. The molecule has 0 saturated heterocycles. The van der Waals surface area contributed by atoms with Gasteiger partial charge in [0, 0.05) is 12.0 Å². The SMILES string of the molecule is CCc1occ(-c2ccccc2)c1C(=O)O. The third-order valence-electron chi connectivity index (χ3n) is 2.49. The number of hydrogen-bond acceptors (Lipinski definition) is 2. The van der Waals surface area contributed by atoms with E-state index in [1.807, 2.05) is 37.3 Å². The molecule has 0 unspecified atom stereocenters. The van der Waals surface area contributed by atoms with Gasteiger partial charge in [0.05, 0.1) is 6.26 Å². The van der Waals surface area contributed by atoms with Gasteiger partial charge in [0.15, 0.2) is 0 Å². The van der Waals surface area contributed by atoms with Gasteiger partial charge in [-0.25, -0.2) is 4.79 Å². The number of benzene rings is 1. The van der Waals surface area contributed by atoms with Crippen LogP contribution in [0.5, 0.6) is 0 Å². The molecular weight excluding hydrogens is 204 g/mol. The van der Waals surface area contributed by atoms with E-state index in [-0.39, 0.29) is 5.56 Å². The van der Waals surface area contributed by atoms with Gasteiger partial charge in [0.25, 0.3) is 0 Å². The largest absolute Gasteiger partial charge is 0.478 e. The molecule has 0 fully saturated rings. The van der Waals surface area contributed by atoms with Crippen molar-refractivity contribution in [3.8, 4) is 11.1 Å². The molecule has 16 heavy (non-hydrogen) atoms. The topological polar surface area (TPSA) is 50.4 Å². The molecule has 1 aromatic carbocycles. The first-order chi connectivity index (χ1) is 7.74. The fraction of sp³-hybridized carbons (Fsp3) is 0.154. The van der Waals surface area contributed by atoms with Crippen LogP contribution < -0.4 is 0 Å². The van der Waals surface area contributed by atoms with E-state index >= 15 is 0 Å². The minimum atomic E-state index is -0.940. The number of aromatic carboxylic acids is 1. The van der Waals surface area contributed by atoms with Crippen LogP contribution in [0.25, 0.3) is 11.1 Å². The van der Waals surface area contributed by atoms with Gasteiger partial charge >= 0.3 is 5.97 Å². The maximum absolute atomic E-state index is 11.2. The molecule has 3 heteroatoms. The van der Waals surface area contributed by atoms with E-state index in [1.165, 1.54) is 6.26 Å². The van der Waals surface area contributed by atoms with Gasteiger partial charge in [-0.1, -0.05) is 37.3 Å². The first-order valence-electron chi connectivity index (χ1n) is 5.13. The first-order valence-corrected chi connectivity index (χ1v) is 5.13. The first kappa shape index (κ1) is 10.5. The molecule has 0 aliphatic heterocycles. The molecule has 3 nitrogen and oxygen atoms in total. The molecule has 0 saturated carbocycles. The summed E-state index contributed by atoms with van der Waals surface area (Å²) in [6.07, 6.45) is 2.09. The van der Waals surface area contributed by atoms with Crippen LogP contribution in [0.2, 0.25) is 0 Å². The number of rotatable bonds is 3. The summed E-state index contributed by atoms with van der Waals surface area (Å²) in [6, 6.07) is 9.39. The maximum atomic E-state index is 11.2. The van der Waals surface area contributed by atoms with Gasteiger partial charge in [-0.3, -0.25) is 0 Å². The molecule has 0 atom stereocenters. The minimum absolute atomic E-state index is 0.272. The standard InChI is InChI=1S/C13H12O3/c1-2-11-12(13(14)15)10(8-16-11)9-6-4-3-5-7-9/h3-8H,2H2,1H3,(H,14,15). The van der Waals surface area contributed by atoms with Crippen LogP contribution in [-0.4, -0.2) is 11.1 Å². The van der Waals surface area contributed by atoms with Crippen LogP contribution in [0, 0.1) is 0 Å². The van der Waals surface area contributed by atoms with Gasteiger partial charge in [0.1, 0.15) is 11.3 Å². The van der Waals surface area contributed by atoms with E-state index in [1.54, 1.807) is 0 Å². The Labute approximate surface area is 93.3 Å². The minimum Gasteiger partial charge on any atom is -0.478 e. The van der Waals surface area contributed by atoms with E-state index in [2.05, 4.69) is 0 Å². The summed E-state index contributed by atoms with van der Waals surface area (Å²) in [7, 11) is 0. The fourth-order valence-electron chi connectivity index (χ4n) is 1.72. The number of carbonyl (C=O) groups is 1. The van der Waals surface area contributed by atoms with Gasteiger partial charge in [-0.05, 0) is 5.56 Å². The van der Waals surface area contributed by atoms with Gasteiger partial charge in [-0.2, -0.15) is 0 Å². The van der Waals surface area contributed by atoms with Gasteiger partial charge in [0.2, 0.25) is 0 Å². The highest BCUT2D eigenvalue weighted by atomic mass is 16.4. The van der Waals surface area contributed by atoms with E-state index < -0.39 is 5.97 Å². The Morgan fingerprint density at radius 2 is 2.00 bits per heavy atom. The Morgan fingerprint density at radius 1 is 1.31 bits per heavy atom. The second-order valence-electron chi connectivity index (χ2n) is 3.47. The second-order valence-corrected chi connectivity index (χ2v) is 3.47. The summed E-state index contributed by atoms with van der Waals surface area (Å²) in [5.74, 6) is -0.421. The van der Waals surface area contributed by atoms with Gasteiger partial charge < -0.3 is 9.52 Å². The molecule has 2 rings (SSSR count). The zero-order chi connectivity index (χ0) is 11.5.